The molecule has 0 bridgehead atoms. The largest absolute Gasteiger partial charge is 0.462 e. The molecule has 1 amide bonds. The van der Waals surface area contributed by atoms with Crippen LogP contribution in [0.2, 0.25) is 0 Å². The first-order chi connectivity index (χ1) is 29.5. The van der Waals surface area contributed by atoms with E-state index in [0.717, 1.165) is 70.6 Å². The van der Waals surface area contributed by atoms with E-state index in [2.05, 4.69) is 56.5 Å². The van der Waals surface area contributed by atoms with Crippen molar-refractivity contribution in [3.63, 3.8) is 0 Å². The Kier molecular flexibility index (Phi) is 46.6. The van der Waals surface area contributed by atoms with Crippen LogP contribution in [0.1, 0.15) is 271 Å². The Hall–Kier alpha value is -1.92. The van der Waals surface area contributed by atoms with Crippen LogP contribution >= 0.6 is 0 Å². The minimum absolute atomic E-state index is 0.0583. The maximum absolute atomic E-state index is 13.2. The van der Waals surface area contributed by atoms with Gasteiger partial charge in [0.05, 0.1) is 25.2 Å². The van der Waals surface area contributed by atoms with Crippen molar-refractivity contribution in [2.75, 3.05) is 6.61 Å². The number of aliphatic hydroxyl groups is 2. The number of nitrogens with one attached hydrogen (secondary N) is 1. The highest BCUT2D eigenvalue weighted by Crippen LogP contribution is 2.18. The number of carbonyl (C=O) groups excluding carboxylic acids is 2. The fraction of sp³-hybridized carbons (Fsp3) is 0.852. The molecule has 3 N–H and O–H groups in total. The predicted molar refractivity (Wildman–Crippen MR) is 259 cm³/mol. The van der Waals surface area contributed by atoms with E-state index in [1.807, 2.05) is 6.08 Å². The van der Waals surface area contributed by atoms with E-state index in [0.29, 0.717) is 19.3 Å². The SMILES string of the molecule is CC/C=C/C=C/C=C\CCCCCC(CC(=O)NC(CO)C(O)CCCCCCCCCCCCCCC)OC(=O)CCCCCCCCCCCCCCCCCCC. The van der Waals surface area contributed by atoms with Crippen LogP contribution in [0, 0.1) is 0 Å². The first kappa shape index (κ1) is 58.1. The summed E-state index contributed by atoms with van der Waals surface area (Å²) in [4.78, 5) is 26.1. The third-order valence-corrected chi connectivity index (χ3v) is 12.0. The molecule has 352 valence electrons. The van der Waals surface area contributed by atoms with E-state index >= 15 is 0 Å². The first-order valence-electron chi connectivity index (χ1n) is 26.2. The minimum Gasteiger partial charge on any atom is -0.462 e. The van der Waals surface area contributed by atoms with Crippen molar-refractivity contribution in [3.8, 4) is 0 Å². The summed E-state index contributed by atoms with van der Waals surface area (Å²) >= 11 is 0. The Morgan fingerprint density at radius 1 is 0.500 bits per heavy atom. The standard InChI is InChI=1S/C54H101NO5/c1-4-7-10-13-16-19-22-24-25-26-27-29-32-35-38-41-44-47-54(59)60-50(45-42-39-36-33-30-21-18-15-12-9-6-3)48-53(58)55-51(49-56)52(57)46-43-40-37-34-31-28-23-20-17-14-11-8-5-2/h9,12,15,18,21,30,50-52,56-57H,4-8,10-11,13-14,16-17,19-20,22-29,31-49H2,1-3H3,(H,55,58)/b12-9+,18-15+,30-21-. The quantitative estimate of drug-likeness (QED) is 0.0322. The summed E-state index contributed by atoms with van der Waals surface area (Å²) < 4.78 is 5.92. The van der Waals surface area contributed by atoms with Crippen molar-refractivity contribution in [2.24, 2.45) is 0 Å². The highest BCUT2D eigenvalue weighted by atomic mass is 16.5. The summed E-state index contributed by atoms with van der Waals surface area (Å²) in [6, 6.07) is -0.709. The van der Waals surface area contributed by atoms with E-state index in [9.17, 15) is 19.8 Å². The van der Waals surface area contributed by atoms with Gasteiger partial charge in [-0.05, 0) is 44.9 Å². The van der Waals surface area contributed by atoms with Gasteiger partial charge in [-0.3, -0.25) is 9.59 Å². The van der Waals surface area contributed by atoms with Crippen molar-refractivity contribution >= 4 is 11.9 Å². The number of allylic oxidation sites excluding steroid dienone is 6. The molecule has 0 heterocycles. The van der Waals surface area contributed by atoms with Gasteiger partial charge in [0.1, 0.15) is 6.10 Å². The molecular weight excluding hydrogens is 743 g/mol. The molecule has 0 aliphatic heterocycles. The topological polar surface area (TPSA) is 95.9 Å². The van der Waals surface area contributed by atoms with Gasteiger partial charge in [0.2, 0.25) is 5.91 Å². The molecule has 0 rings (SSSR count). The van der Waals surface area contributed by atoms with E-state index in [1.54, 1.807) is 0 Å². The third-order valence-electron chi connectivity index (χ3n) is 12.0. The van der Waals surface area contributed by atoms with Gasteiger partial charge in [0.15, 0.2) is 0 Å². The van der Waals surface area contributed by atoms with Crippen LogP contribution in [0.25, 0.3) is 0 Å². The number of ether oxygens (including phenoxy) is 1. The van der Waals surface area contributed by atoms with Gasteiger partial charge in [0, 0.05) is 6.42 Å². The fourth-order valence-electron chi connectivity index (χ4n) is 8.08. The van der Waals surface area contributed by atoms with E-state index < -0.39 is 18.2 Å². The molecule has 60 heavy (non-hydrogen) atoms. The van der Waals surface area contributed by atoms with Gasteiger partial charge in [0.25, 0.3) is 0 Å². The average molecular weight is 844 g/mol. The zero-order valence-electron chi connectivity index (χ0n) is 40.1. The van der Waals surface area contributed by atoms with Crippen LogP contribution in [0.5, 0.6) is 0 Å². The van der Waals surface area contributed by atoms with Crippen molar-refractivity contribution in [2.45, 2.75) is 289 Å². The number of esters is 1. The van der Waals surface area contributed by atoms with Gasteiger partial charge in [-0.2, -0.15) is 0 Å². The van der Waals surface area contributed by atoms with Gasteiger partial charge in [-0.15, -0.1) is 0 Å². The lowest BCUT2D eigenvalue weighted by atomic mass is 10.0. The molecule has 6 nitrogen and oxygen atoms in total. The molecule has 0 saturated heterocycles. The van der Waals surface area contributed by atoms with Crippen molar-refractivity contribution in [1.82, 2.24) is 5.32 Å². The maximum Gasteiger partial charge on any atom is 0.306 e. The monoisotopic (exact) mass is 844 g/mol. The van der Waals surface area contributed by atoms with E-state index in [1.165, 1.54) is 154 Å². The predicted octanol–water partition coefficient (Wildman–Crippen LogP) is 15.7. The van der Waals surface area contributed by atoms with E-state index in [-0.39, 0.29) is 24.9 Å². The Bertz CT molecular complexity index is 993. The van der Waals surface area contributed by atoms with Crippen molar-refractivity contribution in [1.29, 1.82) is 0 Å². The van der Waals surface area contributed by atoms with Crippen LogP contribution in [0.15, 0.2) is 36.5 Å². The van der Waals surface area contributed by atoms with Crippen molar-refractivity contribution in [3.05, 3.63) is 36.5 Å². The summed E-state index contributed by atoms with van der Waals surface area (Å²) in [5, 5.41) is 23.7. The third kappa shape index (κ3) is 42.8. The Labute approximate surface area is 373 Å². The smallest absolute Gasteiger partial charge is 0.306 e. The first-order valence-corrected chi connectivity index (χ1v) is 26.2. The number of hydrogen-bond acceptors (Lipinski definition) is 5. The second kappa shape index (κ2) is 48.1. The van der Waals surface area contributed by atoms with Gasteiger partial charge >= 0.3 is 5.97 Å². The number of aliphatic hydroxyl groups excluding tert-OH is 2. The summed E-state index contributed by atoms with van der Waals surface area (Å²) in [5.74, 6) is -0.498. The lowest BCUT2D eigenvalue weighted by Crippen LogP contribution is -2.46. The van der Waals surface area contributed by atoms with Crippen LogP contribution in [-0.2, 0) is 14.3 Å². The van der Waals surface area contributed by atoms with Crippen LogP contribution in [0.4, 0.5) is 0 Å². The summed E-state index contributed by atoms with van der Waals surface area (Å²) in [6.07, 6.45) is 56.4. The maximum atomic E-state index is 13.2. The molecule has 0 saturated carbocycles. The normalized spacial score (nSPS) is 13.5. The Morgan fingerprint density at radius 3 is 1.35 bits per heavy atom. The molecule has 0 radical (unpaired) electrons. The molecule has 0 aromatic carbocycles. The number of unbranched alkanes of at least 4 members (excludes halogenated alkanes) is 31. The lowest BCUT2D eigenvalue weighted by Gasteiger charge is -2.24. The highest BCUT2D eigenvalue weighted by Gasteiger charge is 2.24. The number of amides is 1. The molecule has 3 unspecified atom stereocenters. The van der Waals surface area contributed by atoms with E-state index in [4.69, 9.17) is 4.74 Å². The molecule has 0 aliphatic carbocycles. The van der Waals surface area contributed by atoms with Crippen LogP contribution < -0.4 is 5.32 Å². The molecule has 3 atom stereocenters. The molecule has 0 aromatic heterocycles. The Balaban J connectivity index is 4.50. The second-order valence-electron chi connectivity index (χ2n) is 18.0. The van der Waals surface area contributed by atoms with Gasteiger partial charge in [-0.25, -0.2) is 0 Å². The highest BCUT2D eigenvalue weighted by molar-refractivity contribution is 5.77. The zero-order valence-corrected chi connectivity index (χ0v) is 40.1. The number of rotatable bonds is 47. The van der Waals surface area contributed by atoms with Gasteiger partial charge in [-0.1, -0.05) is 250 Å². The molecule has 0 spiro atoms. The van der Waals surface area contributed by atoms with Crippen molar-refractivity contribution < 1.29 is 24.5 Å². The molecule has 0 aromatic rings. The fourth-order valence-corrected chi connectivity index (χ4v) is 8.08. The average Bonchev–Trinajstić information content (AvgIpc) is 3.24. The van der Waals surface area contributed by atoms with Crippen LogP contribution in [0.3, 0.4) is 0 Å². The number of carbonyl (C=O) groups is 2. The molecule has 6 heteroatoms. The van der Waals surface area contributed by atoms with Crippen LogP contribution in [-0.4, -0.2) is 46.9 Å². The molecule has 0 aliphatic rings. The summed E-state index contributed by atoms with van der Waals surface area (Å²) in [5.41, 5.74) is 0. The Morgan fingerprint density at radius 2 is 0.900 bits per heavy atom. The molecular formula is C54H101NO5. The van der Waals surface area contributed by atoms with Gasteiger partial charge < -0.3 is 20.3 Å². The molecule has 0 fully saturated rings. The summed E-state index contributed by atoms with van der Waals surface area (Å²) in [7, 11) is 0. The number of hydrogen-bond donors (Lipinski definition) is 3. The minimum atomic E-state index is -0.794. The zero-order chi connectivity index (χ0) is 43.8. The summed E-state index contributed by atoms with van der Waals surface area (Å²) in [6.45, 7) is 6.36. The lowest BCUT2D eigenvalue weighted by molar-refractivity contribution is -0.151. The second-order valence-corrected chi connectivity index (χ2v) is 18.0.